The summed E-state index contributed by atoms with van der Waals surface area (Å²) in [5.41, 5.74) is 1.26. The van der Waals surface area contributed by atoms with Gasteiger partial charge in [-0.3, -0.25) is 19.4 Å². The van der Waals surface area contributed by atoms with Crippen molar-refractivity contribution in [2.75, 3.05) is 51.8 Å². The summed E-state index contributed by atoms with van der Waals surface area (Å²) in [4.78, 5) is 50.9. The molecule has 6 rings (SSSR count). The first-order chi connectivity index (χ1) is 21.5. The molecule has 1 saturated carbocycles. The monoisotopic (exact) mass is 640 g/mol. The highest BCUT2D eigenvalue weighted by Crippen LogP contribution is 2.53. The summed E-state index contributed by atoms with van der Waals surface area (Å²) in [6.07, 6.45) is 2.69. The maximum atomic E-state index is 14.6. The Kier molecular flexibility index (Phi) is 8.08. The number of carbonyl (C=O) groups excluding carboxylic acids is 3. The Morgan fingerprint density at radius 1 is 1.13 bits per heavy atom. The Labute approximate surface area is 262 Å². The first-order valence-corrected chi connectivity index (χ1v) is 14.8. The van der Waals surface area contributed by atoms with E-state index in [4.69, 9.17) is 16.3 Å². The fraction of sp³-hybridized carbons (Fsp3) is 0.387. The molecule has 14 heteroatoms. The molecule has 3 amide bonds. The van der Waals surface area contributed by atoms with Gasteiger partial charge in [0.15, 0.2) is 17.4 Å². The number of halogens is 3. The van der Waals surface area contributed by atoms with Crippen LogP contribution in [0.1, 0.15) is 33.8 Å². The van der Waals surface area contributed by atoms with E-state index in [2.05, 4.69) is 15.3 Å². The Hall–Kier alpha value is -4.36. The Morgan fingerprint density at radius 2 is 1.89 bits per heavy atom. The molecule has 2 aromatic carbocycles. The number of hydrogen-bond donors (Lipinski definition) is 2. The number of aliphatic imine (C=N–C) groups is 1. The summed E-state index contributed by atoms with van der Waals surface area (Å²) in [6, 6.07) is 7.18. The zero-order valence-electron chi connectivity index (χ0n) is 24.6. The number of rotatable bonds is 7. The van der Waals surface area contributed by atoms with Gasteiger partial charge in [0.1, 0.15) is 0 Å². The number of imidazole rings is 1. The first kappa shape index (κ1) is 30.7. The minimum absolute atomic E-state index is 0.0534. The van der Waals surface area contributed by atoms with Gasteiger partial charge in [-0.15, -0.1) is 0 Å². The van der Waals surface area contributed by atoms with E-state index >= 15 is 0 Å². The Bertz CT molecular complexity index is 1730. The highest BCUT2D eigenvalue weighted by Gasteiger charge is 2.56. The fourth-order valence-electron chi connectivity index (χ4n) is 6.43. The summed E-state index contributed by atoms with van der Waals surface area (Å²) in [5.74, 6) is -3.42. The second kappa shape index (κ2) is 11.9. The molecule has 3 aliphatic rings. The van der Waals surface area contributed by atoms with Crippen LogP contribution in [0.2, 0.25) is 5.02 Å². The predicted octanol–water partition coefficient (Wildman–Crippen LogP) is 3.41. The molecule has 3 aromatic rings. The summed E-state index contributed by atoms with van der Waals surface area (Å²) in [5, 5.41) is 12.2. The van der Waals surface area contributed by atoms with E-state index in [0.29, 0.717) is 57.0 Å². The number of carbonyl (C=O) groups is 3. The summed E-state index contributed by atoms with van der Waals surface area (Å²) < 4.78 is 35.0. The number of aliphatic hydroxyl groups excluding tert-OH is 1. The van der Waals surface area contributed by atoms with Crippen molar-refractivity contribution in [1.29, 1.82) is 0 Å². The van der Waals surface area contributed by atoms with Crippen molar-refractivity contribution in [3.63, 3.8) is 0 Å². The zero-order chi connectivity index (χ0) is 32.0. The van der Waals surface area contributed by atoms with Crippen molar-refractivity contribution in [2.24, 2.45) is 23.4 Å². The first-order valence-electron chi connectivity index (χ1n) is 14.4. The van der Waals surface area contributed by atoms with E-state index in [1.807, 2.05) is 0 Å². The number of nitrogens with zero attached hydrogens (tertiary/aromatic N) is 5. The van der Waals surface area contributed by atoms with Crippen LogP contribution in [-0.2, 0) is 11.8 Å². The molecule has 11 nitrogen and oxygen atoms in total. The van der Waals surface area contributed by atoms with Crippen LogP contribution in [0.15, 0.2) is 41.5 Å². The van der Waals surface area contributed by atoms with Crippen molar-refractivity contribution in [2.45, 2.75) is 12.8 Å². The highest BCUT2D eigenvalue weighted by molar-refractivity contribution is 6.34. The predicted molar refractivity (Wildman–Crippen MR) is 162 cm³/mol. The van der Waals surface area contributed by atoms with Gasteiger partial charge in [0.25, 0.3) is 11.8 Å². The van der Waals surface area contributed by atoms with Crippen molar-refractivity contribution in [1.82, 2.24) is 19.4 Å². The quantitative estimate of drug-likeness (QED) is 0.407. The number of methoxy groups -OCH3 is 1. The minimum atomic E-state index is -1.14. The van der Waals surface area contributed by atoms with Crippen LogP contribution in [0.4, 0.5) is 14.5 Å². The van der Waals surface area contributed by atoms with Crippen molar-refractivity contribution in [3.05, 3.63) is 64.6 Å². The number of amides is 3. The highest BCUT2D eigenvalue weighted by atomic mass is 35.5. The average Bonchev–Trinajstić information content (AvgIpc) is 3.37. The van der Waals surface area contributed by atoms with Gasteiger partial charge in [-0.2, -0.15) is 4.39 Å². The molecule has 2 N–H and O–H groups in total. The molecule has 45 heavy (non-hydrogen) atoms. The summed E-state index contributed by atoms with van der Waals surface area (Å²) in [7, 11) is 2.74. The largest absolute Gasteiger partial charge is 0.494 e. The van der Waals surface area contributed by atoms with Crippen LogP contribution in [0.5, 0.6) is 5.75 Å². The van der Waals surface area contributed by atoms with Crippen LogP contribution in [0.25, 0.3) is 11.3 Å². The standard InChI is InChI=1S/C31H31ClF2N6O5/c1-38-23(21-5-6-24(45-2)26(34)25(21)33)12-36-27(38)28(42)37-18-3-4-20(22(32)9-18)30(44)40-15-31(16-40)10-17(11-31)29(43)39-8-7-35-19(13-39)14-41/h3-6,9,12,17,41H,7-8,10-11,13-16H2,1-2H3,(H,37,42). The molecule has 2 fully saturated rings. The topological polar surface area (TPSA) is 129 Å². The molecule has 0 atom stereocenters. The third-order valence-corrected chi connectivity index (χ3v) is 9.12. The Balaban J connectivity index is 1.05. The lowest BCUT2D eigenvalue weighted by atomic mass is 9.57. The second-order valence-electron chi connectivity index (χ2n) is 11.8. The molecule has 1 saturated heterocycles. The number of likely N-dealkylation sites (tertiary alicyclic amines) is 1. The minimum Gasteiger partial charge on any atom is -0.494 e. The van der Waals surface area contributed by atoms with Gasteiger partial charge in [-0.1, -0.05) is 11.6 Å². The molecule has 1 aliphatic carbocycles. The zero-order valence-corrected chi connectivity index (χ0v) is 25.4. The van der Waals surface area contributed by atoms with Gasteiger partial charge in [-0.05, 0) is 43.2 Å². The number of hydrogen-bond acceptors (Lipinski definition) is 7. The molecule has 0 unspecified atom stereocenters. The van der Waals surface area contributed by atoms with Crippen LogP contribution in [-0.4, -0.2) is 94.3 Å². The summed E-state index contributed by atoms with van der Waals surface area (Å²) >= 11 is 6.46. The third kappa shape index (κ3) is 5.54. The van der Waals surface area contributed by atoms with Crippen LogP contribution < -0.4 is 10.1 Å². The lowest BCUT2D eigenvalue weighted by Gasteiger charge is -2.59. The molecule has 2 aliphatic heterocycles. The number of aliphatic hydroxyl groups is 1. The van der Waals surface area contributed by atoms with E-state index in [-0.39, 0.29) is 63.2 Å². The third-order valence-electron chi connectivity index (χ3n) is 8.81. The van der Waals surface area contributed by atoms with Gasteiger partial charge in [-0.25, -0.2) is 9.37 Å². The smallest absolute Gasteiger partial charge is 0.291 e. The number of nitrogens with one attached hydrogen (secondary N) is 1. The van der Waals surface area contributed by atoms with Gasteiger partial charge in [0, 0.05) is 49.3 Å². The SMILES string of the molecule is COc1ccc(-c2cnc(C(=O)Nc3ccc(C(=O)N4CC5(CC(C(=O)N6CCN=C(CO)C6)C5)C4)c(Cl)c3)n2C)c(F)c1F. The van der Waals surface area contributed by atoms with Crippen LogP contribution in [0, 0.1) is 23.0 Å². The maximum absolute atomic E-state index is 14.6. The Morgan fingerprint density at radius 3 is 2.58 bits per heavy atom. The normalized spacial score (nSPS) is 17.4. The maximum Gasteiger partial charge on any atom is 0.291 e. The molecule has 0 radical (unpaired) electrons. The van der Waals surface area contributed by atoms with Gasteiger partial charge in [0.2, 0.25) is 11.7 Å². The van der Waals surface area contributed by atoms with Crippen LogP contribution in [0.3, 0.4) is 0 Å². The number of benzene rings is 2. The molecule has 236 valence electrons. The van der Waals surface area contributed by atoms with Gasteiger partial charge >= 0.3 is 0 Å². The molecule has 1 spiro atoms. The molecular formula is C31H31ClF2N6O5. The molecule has 1 aromatic heterocycles. The van der Waals surface area contributed by atoms with Crippen LogP contribution >= 0.6 is 11.6 Å². The van der Waals surface area contributed by atoms with E-state index in [9.17, 15) is 28.3 Å². The van der Waals surface area contributed by atoms with E-state index in [1.54, 1.807) is 15.9 Å². The number of aromatic nitrogens is 2. The summed E-state index contributed by atoms with van der Waals surface area (Å²) in [6.45, 7) is 2.35. The van der Waals surface area contributed by atoms with E-state index < -0.39 is 17.5 Å². The average molecular weight is 641 g/mol. The second-order valence-corrected chi connectivity index (χ2v) is 12.2. The molecular weight excluding hydrogens is 610 g/mol. The molecule has 3 heterocycles. The van der Waals surface area contributed by atoms with Crippen molar-refractivity contribution >= 4 is 40.7 Å². The van der Waals surface area contributed by atoms with Crippen molar-refractivity contribution < 1.29 is 33.0 Å². The van der Waals surface area contributed by atoms with Crippen molar-refractivity contribution in [3.8, 4) is 17.0 Å². The number of ether oxygens (including phenoxy) is 1. The van der Waals surface area contributed by atoms with E-state index in [0.717, 1.165) is 0 Å². The fourth-order valence-corrected chi connectivity index (χ4v) is 6.69. The lowest BCUT2D eigenvalue weighted by Crippen LogP contribution is -2.65. The van der Waals surface area contributed by atoms with E-state index in [1.165, 1.54) is 49.2 Å². The number of anilines is 1. The molecule has 0 bridgehead atoms. The lowest BCUT2D eigenvalue weighted by molar-refractivity contribution is -0.150. The van der Waals surface area contributed by atoms with Gasteiger partial charge in [0.05, 0.1) is 55.0 Å². The van der Waals surface area contributed by atoms with Gasteiger partial charge < -0.3 is 29.5 Å².